The number of aromatic nitrogens is 4. The first kappa shape index (κ1) is 16.1. The van der Waals surface area contributed by atoms with Gasteiger partial charge in [0.05, 0.1) is 0 Å². The van der Waals surface area contributed by atoms with Crippen molar-refractivity contribution in [3.05, 3.63) is 35.5 Å². The van der Waals surface area contributed by atoms with E-state index in [0.29, 0.717) is 11.5 Å². The Labute approximate surface area is 147 Å². The lowest BCUT2D eigenvalue weighted by molar-refractivity contribution is 0.0710. The molecule has 7 heteroatoms. The van der Waals surface area contributed by atoms with E-state index in [9.17, 15) is 4.79 Å². The van der Waals surface area contributed by atoms with Crippen molar-refractivity contribution in [1.29, 1.82) is 0 Å². The molecule has 0 unspecified atom stereocenters. The summed E-state index contributed by atoms with van der Waals surface area (Å²) in [5, 5.41) is 8.74. The fourth-order valence-electron chi connectivity index (χ4n) is 3.79. The maximum atomic E-state index is 12.8. The summed E-state index contributed by atoms with van der Waals surface area (Å²) in [4.78, 5) is 20.9. The molecule has 2 aromatic rings. The number of pyridine rings is 1. The Kier molecular flexibility index (Phi) is 4.15. The van der Waals surface area contributed by atoms with Gasteiger partial charge in [-0.15, -0.1) is 10.2 Å². The minimum absolute atomic E-state index is 0.0930. The Bertz CT molecular complexity index is 776. The predicted octanol–water partition coefficient (Wildman–Crippen LogP) is 1.71. The first-order valence-electron chi connectivity index (χ1n) is 8.98. The van der Waals surface area contributed by atoms with Crippen LogP contribution in [-0.4, -0.2) is 57.7 Å². The van der Waals surface area contributed by atoms with Crippen LogP contribution in [0.2, 0.25) is 0 Å². The van der Waals surface area contributed by atoms with Gasteiger partial charge in [0, 0.05) is 57.8 Å². The number of carbonyl (C=O) groups is 1. The molecule has 0 bridgehead atoms. The Balaban J connectivity index is 1.43. The van der Waals surface area contributed by atoms with E-state index in [4.69, 9.17) is 0 Å². The summed E-state index contributed by atoms with van der Waals surface area (Å²) in [5.41, 5.74) is 0.709. The van der Waals surface area contributed by atoms with Crippen molar-refractivity contribution in [2.24, 2.45) is 0 Å². The van der Waals surface area contributed by atoms with Gasteiger partial charge in [0.1, 0.15) is 17.5 Å². The van der Waals surface area contributed by atoms with Crippen LogP contribution in [0.5, 0.6) is 0 Å². The van der Waals surface area contributed by atoms with Crippen LogP contribution < -0.4 is 4.90 Å². The lowest BCUT2D eigenvalue weighted by Crippen LogP contribution is -2.38. The summed E-state index contributed by atoms with van der Waals surface area (Å²) in [6.45, 7) is 2.58. The van der Waals surface area contributed by atoms with Gasteiger partial charge in [0.2, 0.25) is 0 Å². The maximum Gasteiger partial charge on any atom is 0.254 e. The highest BCUT2D eigenvalue weighted by Crippen LogP contribution is 2.30. The minimum atomic E-state index is 0.0930. The fraction of sp³-hybridized carbons (Fsp3) is 0.556. The summed E-state index contributed by atoms with van der Waals surface area (Å²) in [6.07, 6.45) is 5.83. The third-order valence-electron chi connectivity index (χ3n) is 5.24. The smallest absolute Gasteiger partial charge is 0.254 e. The van der Waals surface area contributed by atoms with Gasteiger partial charge in [-0.25, -0.2) is 4.98 Å². The number of aryl methyl sites for hydroxylation is 1. The molecular formula is C18H24N6O. The van der Waals surface area contributed by atoms with Gasteiger partial charge in [-0.2, -0.15) is 0 Å². The Hall–Kier alpha value is -2.44. The van der Waals surface area contributed by atoms with E-state index in [-0.39, 0.29) is 5.91 Å². The minimum Gasteiger partial charge on any atom is -0.363 e. The van der Waals surface area contributed by atoms with Crippen LogP contribution in [0.15, 0.2) is 18.3 Å². The monoisotopic (exact) mass is 340 g/mol. The van der Waals surface area contributed by atoms with Crippen LogP contribution in [0.1, 0.15) is 47.2 Å². The van der Waals surface area contributed by atoms with E-state index in [2.05, 4.69) is 19.7 Å². The highest BCUT2D eigenvalue weighted by Gasteiger charge is 2.29. The van der Waals surface area contributed by atoms with Crippen LogP contribution >= 0.6 is 0 Å². The molecule has 0 aliphatic carbocycles. The second-order valence-electron chi connectivity index (χ2n) is 7.09. The van der Waals surface area contributed by atoms with Gasteiger partial charge >= 0.3 is 0 Å². The molecule has 0 N–H and O–H groups in total. The topological polar surface area (TPSA) is 67.2 Å². The molecule has 2 aromatic heterocycles. The molecule has 4 heterocycles. The van der Waals surface area contributed by atoms with E-state index in [1.54, 1.807) is 12.3 Å². The number of rotatable bonds is 3. The number of amides is 1. The fourth-order valence-corrected chi connectivity index (χ4v) is 3.79. The van der Waals surface area contributed by atoms with Gasteiger partial charge in [0.15, 0.2) is 0 Å². The molecule has 0 atom stereocenters. The summed E-state index contributed by atoms with van der Waals surface area (Å²) in [7, 11) is 3.86. The van der Waals surface area contributed by atoms with Gasteiger partial charge < -0.3 is 14.4 Å². The molecule has 2 aliphatic heterocycles. The van der Waals surface area contributed by atoms with Crippen LogP contribution in [0, 0.1) is 0 Å². The van der Waals surface area contributed by atoms with Gasteiger partial charge in [-0.1, -0.05) is 0 Å². The van der Waals surface area contributed by atoms with Gasteiger partial charge in [-0.05, 0) is 31.4 Å². The Morgan fingerprint density at radius 2 is 2.00 bits per heavy atom. The van der Waals surface area contributed by atoms with E-state index in [0.717, 1.165) is 56.4 Å². The Morgan fingerprint density at radius 3 is 2.76 bits per heavy atom. The van der Waals surface area contributed by atoms with Gasteiger partial charge in [0.25, 0.3) is 5.91 Å². The zero-order valence-electron chi connectivity index (χ0n) is 14.9. The van der Waals surface area contributed by atoms with Crippen molar-refractivity contribution in [2.75, 3.05) is 32.1 Å². The number of hydrogen-bond donors (Lipinski definition) is 0. The number of hydrogen-bond acceptors (Lipinski definition) is 5. The number of anilines is 1. The molecule has 1 fully saturated rings. The normalized spacial score (nSPS) is 17.6. The number of nitrogens with zero attached hydrogens (tertiary/aromatic N) is 6. The summed E-state index contributed by atoms with van der Waals surface area (Å²) in [5.74, 6) is 3.56. The molecular weight excluding hydrogens is 316 g/mol. The largest absolute Gasteiger partial charge is 0.363 e. The quantitative estimate of drug-likeness (QED) is 0.851. The molecule has 7 nitrogen and oxygen atoms in total. The third kappa shape index (κ3) is 2.99. The van der Waals surface area contributed by atoms with Crippen LogP contribution in [-0.2, 0) is 13.0 Å². The second-order valence-corrected chi connectivity index (χ2v) is 7.09. The number of piperidine rings is 1. The molecule has 4 rings (SSSR count). The maximum absolute atomic E-state index is 12.8. The molecule has 0 radical (unpaired) electrons. The molecule has 0 saturated carbocycles. The zero-order valence-corrected chi connectivity index (χ0v) is 14.9. The average molecular weight is 340 g/mol. The van der Waals surface area contributed by atoms with Crippen LogP contribution in [0.3, 0.4) is 0 Å². The predicted molar refractivity (Wildman–Crippen MR) is 94.8 cm³/mol. The van der Waals surface area contributed by atoms with Crippen molar-refractivity contribution in [1.82, 2.24) is 24.6 Å². The SMILES string of the molecule is CN(C)c1cc(C(=O)N2CCC(c3nnc4n3CCC4)CC2)ccn1. The zero-order chi connectivity index (χ0) is 17.4. The van der Waals surface area contributed by atoms with Crippen LogP contribution in [0.4, 0.5) is 5.82 Å². The molecule has 1 saturated heterocycles. The van der Waals surface area contributed by atoms with Crippen molar-refractivity contribution in [2.45, 2.75) is 38.1 Å². The number of likely N-dealkylation sites (tertiary alicyclic amines) is 1. The van der Waals surface area contributed by atoms with Crippen molar-refractivity contribution < 1.29 is 4.79 Å². The lowest BCUT2D eigenvalue weighted by Gasteiger charge is -2.31. The van der Waals surface area contributed by atoms with E-state index < -0.39 is 0 Å². The highest BCUT2D eigenvalue weighted by atomic mass is 16.2. The van der Waals surface area contributed by atoms with E-state index >= 15 is 0 Å². The molecule has 0 aromatic carbocycles. The van der Waals surface area contributed by atoms with Crippen molar-refractivity contribution >= 4 is 11.7 Å². The molecule has 0 spiro atoms. The Morgan fingerprint density at radius 1 is 1.20 bits per heavy atom. The highest BCUT2D eigenvalue weighted by molar-refractivity contribution is 5.94. The molecule has 25 heavy (non-hydrogen) atoms. The average Bonchev–Trinajstić information content (AvgIpc) is 3.25. The lowest BCUT2D eigenvalue weighted by atomic mass is 9.95. The molecule has 1 amide bonds. The van der Waals surface area contributed by atoms with E-state index in [1.807, 2.05) is 30.0 Å². The van der Waals surface area contributed by atoms with Crippen molar-refractivity contribution in [3.63, 3.8) is 0 Å². The summed E-state index contributed by atoms with van der Waals surface area (Å²) in [6, 6.07) is 3.66. The first-order valence-corrected chi connectivity index (χ1v) is 8.98. The number of fused-ring (bicyclic) bond motifs is 1. The number of carbonyl (C=O) groups excluding carboxylic acids is 1. The first-order chi connectivity index (χ1) is 12.1. The third-order valence-corrected chi connectivity index (χ3v) is 5.24. The molecule has 2 aliphatic rings. The summed E-state index contributed by atoms with van der Waals surface area (Å²) >= 11 is 0. The van der Waals surface area contributed by atoms with Gasteiger partial charge in [-0.3, -0.25) is 4.79 Å². The van der Waals surface area contributed by atoms with Crippen molar-refractivity contribution in [3.8, 4) is 0 Å². The van der Waals surface area contributed by atoms with Crippen LogP contribution in [0.25, 0.3) is 0 Å². The molecule has 132 valence electrons. The van der Waals surface area contributed by atoms with E-state index in [1.165, 1.54) is 6.42 Å². The standard InChI is InChI=1S/C18H24N6O/c1-22(2)16-12-14(5-8-19-16)18(25)23-10-6-13(7-11-23)17-21-20-15-4-3-9-24(15)17/h5,8,12-13H,3-4,6-7,9-11H2,1-2H3. The second kappa shape index (κ2) is 6.46. The summed E-state index contributed by atoms with van der Waals surface area (Å²) < 4.78 is 2.29.